The van der Waals surface area contributed by atoms with Crippen molar-refractivity contribution in [2.45, 2.75) is 100 Å². The van der Waals surface area contributed by atoms with E-state index in [1.165, 1.54) is 32.1 Å². The number of hydrogen-bond donors (Lipinski definition) is 0. The molecule has 0 saturated heterocycles. The molecule has 0 spiro atoms. The summed E-state index contributed by atoms with van der Waals surface area (Å²) < 4.78 is 0. The second-order valence-corrected chi connectivity index (χ2v) is 5.29. The van der Waals surface area contributed by atoms with Crippen LogP contribution in [0.15, 0.2) is 12.2 Å². The second kappa shape index (κ2) is 21.7. The highest BCUT2D eigenvalue weighted by Crippen LogP contribution is 2.24. The molecule has 0 amide bonds. The number of rotatable bonds is 4. The molecule has 1 saturated carbocycles. The van der Waals surface area contributed by atoms with Crippen LogP contribution < -0.4 is 0 Å². The van der Waals surface area contributed by atoms with Gasteiger partial charge in [0.25, 0.3) is 0 Å². The van der Waals surface area contributed by atoms with E-state index in [9.17, 15) is 4.79 Å². The summed E-state index contributed by atoms with van der Waals surface area (Å²) in [4.78, 5) is 10.7. The van der Waals surface area contributed by atoms with Gasteiger partial charge in [-0.15, -0.1) is 0 Å². The molecule has 1 heteroatoms. The van der Waals surface area contributed by atoms with Gasteiger partial charge in [0.1, 0.15) is 5.78 Å². The van der Waals surface area contributed by atoms with Crippen LogP contribution in [0.4, 0.5) is 0 Å². The Morgan fingerprint density at radius 1 is 1.05 bits per heavy atom. The van der Waals surface area contributed by atoms with Crippen LogP contribution >= 0.6 is 0 Å². The molecule has 0 heterocycles. The van der Waals surface area contributed by atoms with E-state index < -0.39 is 0 Å². The highest BCUT2D eigenvalue weighted by molar-refractivity contribution is 5.80. The molecule has 0 aromatic heterocycles. The first-order valence-electron chi connectivity index (χ1n) is 9.27. The topological polar surface area (TPSA) is 17.1 Å². The van der Waals surface area contributed by atoms with E-state index in [-0.39, 0.29) is 5.92 Å². The van der Waals surface area contributed by atoms with Crippen LogP contribution in [0.5, 0.6) is 0 Å². The van der Waals surface area contributed by atoms with E-state index in [0.29, 0.717) is 5.78 Å². The molecule has 21 heavy (non-hydrogen) atoms. The van der Waals surface area contributed by atoms with Crippen molar-refractivity contribution in [1.82, 2.24) is 0 Å². The molecule has 1 aliphatic rings. The fourth-order valence-corrected chi connectivity index (χ4v) is 2.13. The van der Waals surface area contributed by atoms with E-state index in [1.807, 2.05) is 48.5 Å². The lowest BCUT2D eigenvalue weighted by Crippen LogP contribution is -2.04. The van der Waals surface area contributed by atoms with Gasteiger partial charge in [-0.05, 0) is 32.1 Å². The molecule has 1 nitrogen and oxygen atoms in total. The van der Waals surface area contributed by atoms with E-state index in [2.05, 4.69) is 19.1 Å². The Balaban J connectivity index is -0.000000251. The molecule has 0 aliphatic heterocycles. The molecule has 0 aromatic rings. The highest BCUT2D eigenvalue weighted by Gasteiger charge is 2.08. The third-order valence-corrected chi connectivity index (χ3v) is 3.25. The van der Waals surface area contributed by atoms with Gasteiger partial charge in [0.05, 0.1) is 0 Å². The second-order valence-electron chi connectivity index (χ2n) is 5.29. The number of allylic oxidation sites excluding steroid dienone is 2. The van der Waals surface area contributed by atoms with Crippen LogP contribution in [0.25, 0.3) is 0 Å². The first kappa shape index (κ1) is 25.4. The molecular weight excluding hydrogens is 256 g/mol. The van der Waals surface area contributed by atoms with Gasteiger partial charge in [-0.2, -0.15) is 0 Å². The molecule has 0 bridgehead atoms. The standard InChI is InChI=1S/C9H16.C7H14O.2C2H6/c1-2-6-9-7-4-3-5-8-9;1-4-5-7(8)6(2)3;2*1-2/h2,6,9H,3-5,7-8H2,1H3;6H,4-5H2,1-3H3;2*1-2H3. The van der Waals surface area contributed by atoms with Crippen molar-refractivity contribution in [1.29, 1.82) is 0 Å². The maximum absolute atomic E-state index is 10.7. The zero-order valence-corrected chi connectivity index (χ0v) is 16.2. The Morgan fingerprint density at radius 3 is 1.81 bits per heavy atom. The summed E-state index contributed by atoms with van der Waals surface area (Å²) in [6, 6.07) is 0. The summed E-state index contributed by atoms with van der Waals surface area (Å²) >= 11 is 0. The van der Waals surface area contributed by atoms with Gasteiger partial charge in [-0.3, -0.25) is 4.79 Å². The Morgan fingerprint density at radius 2 is 1.52 bits per heavy atom. The predicted octanol–water partition coefficient (Wildman–Crippen LogP) is 7.21. The summed E-state index contributed by atoms with van der Waals surface area (Å²) in [6.45, 7) is 16.0. The molecule has 0 N–H and O–H groups in total. The van der Waals surface area contributed by atoms with Gasteiger partial charge in [0.15, 0.2) is 0 Å². The lowest BCUT2D eigenvalue weighted by atomic mass is 9.89. The lowest BCUT2D eigenvalue weighted by molar-refractivity contribution is -0.121. The molecule has 128 valence electrons. The zero-order chi connectivity index (χ0) is 17.1. The quantitative estimate of drug-likeness (QED) is 0.501. The Hall–Kier alpha value is -0.590. The van der Waals surface area contributed by atoms with E-state index >= 15 is 0 Å². The van der Waals surface area contributed by atoms with Crippen molar-refractivity contribution in [2.24, 2.45) is 11.8 Å². The van der Waals surface area contributed by atoms with E-state index in [0.717, 1.165) is 18.8 Å². The van der Waals surface area contributed by atoms with Gasteiger partial charge >= 0.3 is 0 Å². The fraction of sp³-hybridized carbons (Fsp3) is 0.850. The van der Waals surface area contributed by atoms with Crippen LogP contribution in [0.1, 0.15) is 100 Å². The smallest absolute Gasteiger partial charge is 0.135 e. The predicted molar refractivity (Wildman–Crippen MR) is 98.8 cm³/mol. The van der Waals surface area contributed by atoms with Crippen molar-refractivity contribution < 1.29 is 4.79 Å². The fourth-order valence-electron chi connectivity index (χ4n) is 2.13. The molecule has 1 fully saturated rings. The molecule has 1 rings (SSSR count). The summed E-state index contributed by atoms with van der Waals surface area (Å²) in [5, 5.41) is 0. The SMILES string of the molecule is CC.CC.CC=CC1CCCCC1.CCCC(=O)C(C)C. The molecule has 0 unspecified atom stereocenters. The number of hydrogen-bond acceptors (Lipinski definition) is 1. The van der Waals surface area contributed by atoms with E-state index in [1.54, 1.807) is 0 Å². The van der Waals surface area contributed by atoms with Crippen molar-refractivity contribution in [3.05, 3.63) is 12.2 Å². The maximum atomic E-state index is 10.7. The number of carbonyl (C=O) groups excluding carboxylic acids is 1. The van der Waals surface area contributed by atoms with Gasteiger partial charge in [0, 0.05) is 12.3 Å². The summed E-state index contributed by atoms with van der Waals surface area (Å²) in [5.74, 6) is 1.53. The summed E-state index contributed by atoms with van der Waals surface area (Å²) in [6.07, 6.45) is 13.5. The van der Waals surface area contributed by atoms with Crippen molar-refractivity contribution in [3.8, 4) is 0 Å². The highest BCUT2D eigenvalue weighted by atomic mass is 16.1. The average Bonchev–Trinajstić information content (AvgIpc) is 2.53. The minimum atomic E-state index is 0.231. The van der Waals surface area contributed by atoms with Gasteiger partial charge < -0.3 is 0 Å². The molecule has 1 aliphatic carbocycles. The molecule has 0 aromatic carbocycles. The summed E-state index contributed by atoms with van der Waals surface area (Å²) in [7, 11) is 0. The summed E-state index contributed by atoms with van der Waals surface area (Å²) in [5.41, 5.74) is 0. The Bertz CT molecular complexity index is 210. The Labute approximate surface area is 135 Å². The normalized spacial score (nSPS) is 14.3. The maximum Gasteiger partial charge on any atom is 0.135 e. The first-order valence-corrected chi connectivity index (χ1v) is 9.27. The van der Waals surface area contributed by atoms with Crippen LogP contribution in [0.3, 0.4) is 0 Å². The van der Waals surface area contributed by atoms with Crippen LogP contribution in [0, 0.1) is 11.8 Å². The molecular formula is C20H42O. The van der Waals surface area contributed by atoms with Crippen molar-refractivity contribution in [3.63, 3.8) is 0 Å². The average molecular weight is 299 g/mol. The number of carbonyl (C=O) groups is 1. The number of ketones is 1. The third kappa shape index (κ3) is 19.4. The molecule has 0 atom stereocenters. The largest absolute Gasteiger partial charge is 0.299 e. The lowest BCUT2D eigenvalue weighted by Gasteiger charge is -2.17. The van der Waals surface area contributed by atoms with E-state index in [4.69, 9.17) is 0 Å². The monoisotopic (exact) mass is 298 g/mol. The zero-order valence-electron chi connectivity index (χ0n) is 16.2. The minimum absolute atomic E-state index is 0.231. The van der Waals surface area contributed by atoms with Crippen molar-refractivity contribution in [2.75, 3.05) is 0 Å². The first-order chi connectivity index (χ1) is 10.1. The molecule has 0 radical (unpaired) electrons. The van der Waals surface area contributed by atoms with Gasteiger partial charge in [-0.1, -0.05) is 79.9 Å². The Kier molecular flexibility index (Phi) is 26.2. The third-order valence-electron chi connectivity index (χ3n) is 3.25. The number of Topliss-reactive ketones (excluding diaryl/α,β-unsaturated/α-hetero) is 1. The van der Waals surface area contributed by atoms with Gasteiger partial charge in [0.2, 0.25) is 0 Å². The van der Waals surface area contributed by atoms with Crippen LogP contribution in [-0.2, 0) is 4.79 Å². The minimum Gasteiger partial charge on any atom is -0.299 e. The van der Waals surface area contributed by atoms with Crippen molar-refractivity contribution >= 4 is 5.78 Å². The van der Waals surface area contributed by atoms with Gasteiger partial charge in [-0.25, -0.2) is 0 Å². The van der Waals surface area contributed by atoms with Crippen LogP contribution in [-0.4, -0.2) is 5.78 Å². The van der Waals surface area contributed by atoms with Crippen LogP contribution in [0.2, 0.25) is 0 Å².